The zero-order valence-corrected chi connectivity index (χ0v) is 23.8. The Morgan fingerprint density at radius 3 is 2.27 bits per heavy atom. The molecule has 0 fully saturated rings. The third-order valence-corrected chi connectivity index (χ3v) is 6.42. The highest BCUT2D eigenvalue weighted by molar-refractivity contribution is 14.1. The summed E-state index contributed by atoms with van der Waals surface area (Å²) < 4.78 is 11.8. The van der Waals surface area contributed by atoms with Crippen molar-refractivity contribution in [2.75, 3.05) is 14.2 Å². The van der Waals surface area contributed by atoms with Crippen LogP contribution in [-0.4, -0.2) is 36.5 Å². The summed E-state index contributed by atoms with van der Waals surface area (Å²) in [6.45, 7) is 5.83. The fourth-order valence-corrected chi connectivity index (χ4v) is 4.43. The number of carbonyl (C=O) groups excluding carboxylic acids is 2. The lowest BCUT2D eigenvalue weighted by Crippen LogP contribution is -2.49. The Hall–Kier alpha value is -3.51. The molecule has 192 valence electrons. The van der Waals surface area contributed by atoms with Gasteiger partial charge in [-0.25, -0.2) is 0 Å². The van der Waals surface area contributed by atoms with Crippen molar-refractivity contribution in [1.29, 1.82) is 0 Å². The highest BCUT2D eigenvalue weighted by atomic mass is 127. The third kappa shape index (κ3) is 7.73. The fraction of sp³-hybridized carbons (Fsp3) is 0.267. The van der Waals surface area contributed by atoms with Gasteiger partial charge in [0.2, 0.25) is 5.91 Å². The van der Waals surface area contributed by atoms with Crippen LogP contribution in [0.1, 0.15) is 43.5 Å². The van der Waals surface area contributed by atoms with Gasteiger partial charge in [-0.05, 0) is 79.3 Å². The second-order valence-corrected chi connectivity index (χ2v) is 10.6. The van der Waals surface area contributed by atoms with E-state index in [-0.39, 0.29) is 12.5 Å². The van der Waals surface area contributed by atoms with Gasteiger partial charge < -0.3 is 19.7 Å². The van der Waals surface area contributed by atoms with Gasteiger partial charge in [0, 0.05) is 32.2 Å². The summed E-state index contributed by atoms with van der Waals surface area (Å²) in [6.07, 6.45) is 0. The molecule has 0 aliphatic carbocycles. The summed E-state index contributed by atoms with van der Waals surface area (Å²) in [7, 11) is 3.14. The maximum Gasteiger partial charge on any atom is 0.300 e. The Morgan fingerprint density at radius 1 is 0.973 bits per heavy atom. The van der Waals surface area contributed by atoms with Gasteiger partial charge in [-0.1, -0.05) is 42.3 Å². The lowest BCUT2D eigenvalue weighted by atomic mass is 10.0. The molecule has 3 aromatic rings. The molecule has 1 unspecified atom stereocenters. The van der Waals surface area contributed by atoms with Crippen LogP contribution in [0, 0.1) is 15.4 Å². The number of ether oxygens (including phenoxy) is 2. The third-order valence-electron chi connectivity index (χ3n) is 5.44. The molecule has 3 rings (SSSR count). The Bertz CT molecular complexity index is 1310. The van der Waals surface area contributed by atoms with E-state index in [1.807, 2.05) is 81.4 Å². The van der Waals surface area contributed by atoms with Gasteiger partial charge in [-0.2, -0.15) is 0 Å². The number of nitrogens with one attached hydrogen (secondary N) is 1. The maximum atomic E-state index is 13.8. The van der Waals surface area contributed by atoms with Crippen LogP contribution in [0.2, 0.25) is 0 Å². The van der Waals surface area contributed by atoms with Crippen molar-refractivity contribution in [3.63, 3.8) is 0 Å². The minimum absolute atomic E-state index is 0.0999. The van der Waals surface area contributed by atoms with Crippen molar-refractivity contribution in [1.82, 2.24) is 10.2 Å². The molecule has 0 bridgehead atoms. The first kappa shape index (κ1) is 28.1. The van der Waals surface area contributed by atoms with E-state index in [0.29, 0.717) is 22.6 Å². The Kier molecular flexibility index (Phi) is 9.59. The molecule has 3 aromatic carbocycles. The predicted molar refractivity (Wildman–Crippen MR) is 153 cm³/mol. The predicted octanol–water partition coefficient (Wildman–Crippen LogP) is 5.34. The van der Waals surface area contributed by atoms with Crippen molar-refractivity contribution in [3.05, 3.63) is 93.1 Å². The van der Waals surface area contributed by atoms with Gasteiger partial charge in [0.15, 0.2) is 0 Å². The lowest BCUT2D eigenvalue weighted by Gasteiger charge is -2.33. The Labute approximate surface area is 232 Å². The van der Waals surface area contributed by atoms with Crippen LogP contribution in [-0.2, 0) is 16.1 Å². The molecule has 37 heavy (non-hydrogen) atoms. The molecule has 1 N–H and O–H groups in total. The first-order chi connectivity index (χ1) is 17.6. The monoisotopic (exact) mass is 610 g/mol. The van der Waals surface area contributed by atoms with E-state index in [2.05, 4.69) is 39.7 Å². The zero-order valence-electron chi connectivity index (χ0n) is 21.7. The molecule has 0 radical (unpaired) electrons. The van der Waals surface area contributed by atoms with E-state index < -0.39 is 17.5 Å². The lowest BCUT2D eigenvalue weighted by molar-refractivity contribution is -0.138. The van der Waals surface area contributed by atoms with Crippen molar-refractivity contribution < 1.29 is 19.1 Å². The Morgan fingerprint density at radius 2 is 1.65 bits per heavy atom. The molecule has 0 spiro atoms. The van der Waals surface area contributed by atoms with Gasteiger partial charge in [0.1, 0.15) is 17.5 Å². The van der Waals surface area contributed by atoms with E-state index >= 15 is 0 Å². The number of methoxy groups -OCH3 is 2. The number of amides is 2. The van der Waals surface area contributed by atoms with Gasteiger partial charge >= 0.3 is 0 Å². The summed E-state index contributed by atoms with van der Waals surface area (Å²) in [6, 6.07) is 21.3. The molecule has 0 heterocycles. The quantitative estimate of drug-likeness (QED) is 0.290. The SMILES string of the molecule is COc1ccc(CN(C(=O)C#Cc2ccccc2)C(C(=O)NC(C)(C)C)c2ccccc2I)c(OC)c1. The van der Waals surface area contributed by atoms with Crippen molar-refractivity contribution in [3.8, 4) is 23.3 Å². The highest BCUT2D eigenvalue weighted by Crippen LogP contribution is 2.32. The average molecular weight is 610 g/mol. The minimum atomic E-state index is -0.920. The standard InChI is InChI=1S/C30H31IN2O4/c1-30(2,3)32-29(35)28(24-13-9-10-14-25(24)31)33(27(34)18-15-21-11-7-6-8-12-21)20-22-16-17-23(36-4)19-26(22)37-5/h6-14,16-17,19,28H,20H2,1-5H3,(H,32,35). The minimum Gasteiger partial charge on any atom is -0.497 e. The van der Waals surface area contributed by atoms with Crippen LogP contribution in [0.25, 0.3) is 0 Å². The largest absolute Gasteiger partial charge is 0.497 e. The molecule has 7 heteroatoms. The first-order valence-electron chi connectivity index (χ1n) is 11.8. The van der Waals surface area contributed by atoms with Crippen molar-refractivity contribution >= 4 is 34.4 Å². The summed E-state index contributed by atoms with van der Waals surface area (Å²) in [4.78, 5) is 29.0. The first-order valence-corrected chi connectivity index (χ1v) is 12.9. The van der Waals surface area contributed by atoms with Crippen LogP contribution in [0.4, 0.5) is 0 Å². The van der Waals surface area contributed by atoms with Gasteiger partial charge in [-0.3, -0.25) is 9.59 Å². The molecular weight excluding hydrogens is 579 g/mol. The smallest absolute Gasteiger partial charge is 0.300 e. The van der Waals surface area contributed by atoms with Crippen molar-refractivity contribution in [2.45, 2.75) is 38.9 Å². The molecule has 0 saturated heterocycles. The number of rotatable bonds is 7. The second kappa shape index (κ2) is 12.6. The van der Waals surface area contributed by atoms with Gasteiger partial charge in [0.05, 0.1) is 20.8 Å². The van der Waals surface area contributed by atoms with Gasteiger partial charge in [0.25, 0.3) is 5.91 Å². The topological polar surface area (TPSA) is 67.9 Å². The van der Waals surface area contributed by atoms with Crippen LogP contribution < -0.4 is 14.8 Å². The number of halogens is 1. The molecule has 0 aliphatic heterocycles. The molecule has 2 amide bonds. The number of hydrogen-bond acceptors (Lipinski definition) is 4. The van der Waals surface area contributed by atoms with Crippen LogP contribution in [0.5, 0.6) is 11.5 Å². The van der Waals surface area contributed by atoms with E-state index in [1.54, 1.807) is 26.4 Å². The summed E-state index contributed by atoms with van der Waals surface area (Å²) in [5.74, 6) is 6.10. The molecule has 0 saturated carbocycles. The van der Waals surface area contributed by atoms with E-state index in [4.69, 9.17) is 9.47 Å². The van der Waals surface area contributed by atoms with Crippen molar-refractivity contribution in [2.24, 2.45) is 0 Å². The molecule has 0 aromatic heterocycles. The highest BCUT2D eigenvalue weighted by Gasteiger charge is 2.34. The Balaban J connectivity index is 2.15. The van der Waals surface area contributed by atoms with E-state index in [9.17, 15) is 9.59 Å². The molecule has 0 aliphatic rings. The average Bonchev–Trinajstić information content (AvgIpc) is 2.87. The van der Waals surface area contributed by atoms with Crippen LogP contribution >= 0.6 is 22.6 Å². The van der Waals surface area contributed by atoms with Gasteiger partial charge in [-0.15, -0.1) is 0 Å². The van der Waals surface area contributed by atoms with Crippen LogP contribution in [0.15, 0.2) is 72.8 Å². The number of benzene rings is 3. The fourth-order valence-electron chi connectivity index (χ4n) is 3.75. The normalized spacial score (nSPS) is 11.5. The second-order valence-electron chi connectivity index (χ2n) is 9.39. The number of hydrogen-bond donors (Lipinski definition) is 1. The number of carbonyl (C=O) groups is 2. The molecular formula is C30H31IN2O4. The number of nitrogens with zero attached hydrogens (tertiary/aromatic N) is 1. The summed E-state index contributed by atoms with van der Waals surface area (Å²) in [5, 5.41) is 3.05. The zero-order chi connectivity index (χ0) is 27.0. The maximum absolute atomic E-state index is 13.8. The molecule has 1 atom stereocenters. The summed E-state index contributed by atoms with van der Waals surface area (Å²) in [5.41, 5.74) is 1.64. The summed E-state index contributed by atoms with van der Waals surface area (Å²) >= 11 is 2.19. The van der Waals surface area contributed by atoms with E-state index in [1.165, 1.54) is 4.90 Å². The van der Waals surface area contributed by atoms with E-state index in [0.717, 1.165) is 9.13 Å². The van der Waals surface area contributed by atoms with Crippen LogP contribution in [0.3, 0.4) is 0 Å². The molecule has 6 nitrogen and oxygen atoms in total.